The van der Waals surface area contributed by atoms with Crippen molar-refractivity contribution in [2.75, 3.05) is 20.6 Å². The van der Waals surface area contributed by atoms with Crippen molar-refractivity contribution >= 4 is 5.91 Å². The molecule has 2 aromatic rings. The third-order valence-electron chi connectivity index (χ3n) is 7.73. The molecule has 4 rings (SSSR count). The minimum absolute atomic E-state index is 0.0460. The fourth-order valence-electron chi connectivity index (χ4n) is 5.60. The Labute approximate surface area is 205 Å². The molecule has 0 aliphatic heterocycles. The molecule has 1 atom stereocenters. The average molecular weight is 489 g/mol. The van der Waals surface area contributed by atoms with Gasteiger partial charge in [0.15, 0.2) is 5.60 Å². The minimum atomic E-state index is -4.79. The lowest BCUT2D eigenvalue weighted by molar-refractivity contribution is -0.258. The molecule has 0 unspecified atom stereocenters. The van der Waals surface area contributed by atoms with Gasteiger partial charge in [-0.3, -0.25) is 4.79 Å². The van der Waals surface area contributed by atoms with Gasteiger partial charge >= 0.3 is 6.18 Å². The Morgan fingerprint density at radius 3 is 1.97 bits per heavy atom. The number of benzene rings is 2. The van der Waals surface area contributed by atoms with E-state index in [1.54, 1.807) is 0 Å². The molecule has 7 heteroatoms. The van der Waals surface area contributed by atoms with Gasteiger partial charge in [-0.25, -0.2) is 0 Å². The molecule has 0 heterocycles. The average Bonchev–Trinajstić information content (AvgIpc) is 3.65. The van der Waals surface area contributed by atoms with Crippen LogP contribution in [-0.2, 0) is 11.0 Å². The summed E-state index contributed by atoms with van der Waals surface area (Å²) in [6, 6.07) is 16.2. The first-order valence-corrected chi connectivity index (χ1v) is 12.4. The number of hydrogen-bond donors (Lipinski definition) is 1. The Kier molecular flexibility index (Phi) is 7.04. The van der Waals surface area contributed by atoms with Crippen LogP contribution in [-0.4, -0.2) is 59.7 Å². The lowest BCUT2D eigenvalue weighted by atomic mass is 9.67. The van der Waals surface area contributed by atoms with Crippen molar-refractivity contribution in [2.45, 2.75) is 74.7 Å². The highest BCUT2D eigenvalue weighted by Crippen LogP contribution is 2.44. The topological polar surface area (TPSA) is 43.8 Å². The fraction of sp³-hybridized carbons (Fsp3) is 0.536. The highest BCUT2D eigenvalue weighted by molar-refractivity contribution is 5.95. The van der Waals surface area contributed by atoms with Crippen molar-refractivity contribution in [1.29, 1.82) is 0 Å². The highest BCUT2D eigenvalue weighted by Gasteiger charge is 2.51. The Morgan fingerprint density at radius 1 is 0.943 bits per heavy atom. The molecule has 0 spiro atoms. The molecular formula is C28H35F3N2O2. The molecule has 1 N–H and O–H groups in total. The molecule has 2 aliphatic carbocycles. The second-order valence-electron chi connectivity index (χ2n) is 10.7. The Bertz CT molecular complexity index is 1010. The number of halogens is 3. The van der Waals surface area contributed by atoms with Crippen LogP contribution in [0.15, 0.2) is 54.6 Å². The summed E-state index contributed by atoms with van der Waals surface area (Å²) < 4.78 is 39.6. The van der Waals surface area contributed by atoms with Crippen LogP contribution in [0.1, 0.15) is 66.9 Å². The van der Waals surface area contributed by atoms with Crippen molar-refractivity contribution in [3.8, 4) is 0 Å². The van der Waals surface area contributed by atoms with Crippen molar-refractivity contribution in [2.24, 2.45) is 0 Å². The van der Waals surface area contributed by atoms with E-state index in [-0.39, 0.29) is 29.0 Å². The van der Waals surface area contributed by atoms with Crippen molar-refractivity contribution in [3.05, 3.63) is 71.3 Å². The summed E-state index contributed by atoms with van der Waals surface area (Å²) in [6.45, 7) is 1.68. The van der Waals surface area contributed by atoms with Crippen LogP contribution in [0, 0.1) is 0 Å². The molecule has 2 saturated carbocycles. The highest BCUT2D eigenvalue weighted by atomic mass is 19.4. The lowest BCUT2D eigenvalue weighted by Crippen LogP contribution is -2.49. The Balaban J connectivity index is 1.52. The number of likely N-dealkylation sites (N-methyl/N-ethyl adjacent to an activating group) is 1. The number of carbonyl (C=O) groups is 1. The SMILES string of the molecule is CN(C)C[C@]1(c2ccccc2)CC[C@H](N(C(=O)c2ccc([C@](C)(O)C(F)(F)F)cc2)C2CC2)CC1. The second kappa shape index (κ2) is 9.58. The molecule has 35 heavy (non-hydrogen) atoms. The number of aliphatic hydroxyl groups is 1. The van der Waals surface area contributed by atoms with Gasteiger partial charge in [0.25, 0.3) is 5.91 Å². The third-order valence-corrected chi connectivity index (χ3v) is 7.73. The summed E-state index contributed by atoms with van der Waals surface area (Å²) in [4.78, 5) is 17.7. The van der Waals surface area contributed by atoms with E-state index in [0.717, 1.165) is 52.0 Å². The largest absolute Gasteiger partial charge is 0.421 e. The quantitative estimate of drug-likeness (QED) is 0.560. The number of rotatable bonds is 7. The molecule has 190 valence electrons. The van der Waals surface area contributed by atoms with E-state index in [1.165, 1.54) is 29.8 Å². The van der Waals surface area contributed by atoms with E-state index in [2.05, 4.69) is 43.3 Å². The Hall–Kier alpha value is -2.38. The molecule has 0 saturated heterocycles. The van der Waals surface area contributed by atoms with E-state index in [0.29, 0.717) is 5.56 Å². The van der Waals surface area contributed by atoms with Crippen LogP contribution in [0.4, 0.5) is 13.2 Å². The zero-order valence-electron chi connectivity index (χ0n) is 20.7. The van der Waals surface area contributed by atoms with E-state index in [1.807, 2.05) is 11.0 Å². The first-order chi connectivity index (χ1) is 16.4. The minimum Gasteiger partial charge on any atom is -0.376 e. The van der Waals surface area contributed by atoms with Crippen LogP contribution in [0.25, 0.3) is 0 Å². The predicted octanol–water partition coefficient (Wildman–Crippen LogP) is 5.50. The van der Waals surface area contributed by atoms with Gasteiger partial charge in [-0.2, -0.15) is 13.2 Å². The molecule has 1 amide bonds. The normalized spacial score (nSPS) is 24.7. The fourth-order valence-corrected chi connectivity index (χ4v) is 5.60. The van der Waals surface area contributed by atoms with Gasteiger partial charge in [0, 0.05) is 29.6 Å². The smallest absolute Gasteiger partial charge is 0.376 e. The summed E-state index contributed by atoms with van der Waals surface area (Å²) in [5.41, 5.74) is -1.48. The van der Waals surface area contributed by atoms with Crippen LogP contribution < -0.4 is 0 Å². The summed E-state index contributed by atoms with van der Waals surface area (Å²) in [7, 11) is 4.19. The van der Waals surface area contributed by atoms with Gasteiger partial charge in [0.2, 0.25) is 0 Å². The van der Waals surface area contributed by atoms with Crippen LogP contribution in [0.5, 0.6) is 0 Å². The molecular weight excluding hydrogens is 453 g/mol. The molecule has 2 aromatic carbocycles. The van der Waals surface area contributed by atoms with Crippen molar-refractivity contribution in [1.82, 2.24) is 9.80 Å². The molecule has 2 fully saturated rings. The number of carbonyl (C=O) groups excluding carboxylic acids is 1. The van der Waals surface area contributed by atoms with Gasteiger partial charge < -0.3 is 14.9 Å². The lowest BCUT2D eigenvalue weighted by Gasteiger charge is -2.45. The zero-order valence-corrected chi connectivity index (χ0v) is 20.7. The second-order valence-corrected chi connectivity index (χ2v) is 10.7. The number of hydrogen-bond acceptors (Lipinski definition) is 3. The molecule has 4 nitrogen and oxygen atoms in total. The van der Waals surface area contributed by atoms with E-state index >= 15 is 0 Å². The summed E-state index contributed by atoms with van der Waals surface area (Å²) in [5.74, 6) is -0.129. The van der Waals surface area contributed by atoms with Gasteiger partial charge in [0.1, 0.15) is 0 Å². The molecule has 0 radical (unpaired) electrons. The molecule has 0 aromatic heterocycles. The zero-order chi connectivity index (χ0) is 25.4. The van der Waals surface area contributed by atoms with Crippen LogP contribution >= 0.6 is 0 Å². The first-order valence-electron chi connectivity index (χ1n) is 12.4. The summed E-state index contributed by atoms with van der Waals surface area (Å²) in [6.07, 6.45) is 0.874. The Morgan fingerprint density at radius 2 is 1.49 bits per heavy atom. The maximum absolute atomic E-state index is 13.5. The van der Waals surface area contributed by atoms with Crippen molar-refractivity contribution in [3.63, 3.8) is 0 Å². The molecule has 0 bridgehead atoms. The maximum Gasteiger partial charge on any atom is 0.421 e. The number of nitrogens with zero attached hydrogens (tertiary/aromatic N) is 2. The number of alkyl halides is 3. The number of amides is 1. The van der Waals surface area contributed by atoms with Crippen molar-refractivity contribution < 1.29 is 23.1 Å². The molecule has 2 aliphatic rings. The van der Waals surface area contributed by atoms with Gasteiger partial charge in [-0.05, 0) is 82.8 Å². The third kappa shape index (κ3) is 5.26. The van der Waals surface area contributed by atoms with E-state index in [9.17, 15) is 23.1 Å². The maximum atomic E-state index is 13.5. The first kappa shape index (κ1) is 25.7. The van der Waals surface area contributed by atoms with E-state index in [4.69, 9.17) is 0 Å². The summed E-state index contributed by atoms with van der Waals surface area (Å²) in [5, 5.41) is 9.94. The summed E-state index contributed by atoms with van der Waals surface area (Å²) >= 11 is 0. The van der Waals surface area contributed by atoms with E-state index < -0.39 is 11.8 Å². The van der Waals surface area contributed by atoms with Gasteiger partial charge in [-0.1, -0.05) is 42.5 Å². The van der Waals surface area contributed by atoms with Crippen LogP contribution in [0.2, 0.25) is 0 Å². The standard InChI is InChI=1S/C28H35F3N2O2/c1-26(35,28(29,30)31)21-11-9-20(10-12-21)25(34)33(23-13-14-23)24-15-17-27(18-16-24,19-32(2)3)22-7-5-4-6-8-22/h4-12,23-24,35H,13-19H2,1-3H3/t24-,26-,27-/m0/s1. The monoisotopic (exact) mass is 488 g/mol. The van der Waals surface area contributed by atoms with Gasteiger partial charge in [-0.15, -0.1) is 0 Å². The predicted molar refractivity (Wildman–Crippen MR) is 130 cm³/mol. The van der Waals surface area contributed by atoms with Crippen LogP contribution in [0.3, 0.4) is 0 Å². The van der Waals surface area contributed by atoms with Gasteiger partial charge in [0.05, 0.1) is 0 Å².